The van der Waals surface area contributed by atoms with Gasteiger partial charge in [0.05, 0.1) is 12.9 Å². The molecule has 0 saturated carbocycles. The minimum absolute atomic E-state index is 0.255. The maximum atomic E-state index is 11.2. The van der Waals surface area contributed by atoms with Crippen LogP contribution >= 0.6 is 23.5 Å². The topological polar surface area (TPSA) is 53.1 Å². The van der Waals surface area contributed by atoms with Crippen LogP contribution in [0, 0.1) is 0 Å². The van der Waals surface area contributed by atoms with Crippen LogP contribution < -0.4 is 0 Å². The number of hydrogen-bond acceptors (Lipinski definition) is 8. The zero-order valence-corrected chi connectivity index (χ0v) is 17.1. The van der Waals surface area contributed by atoms with Gasteiger partial charge in [0.15, 0.2) is 0 Å². The average molecular weight is 398 g/mol. The number of thioether (sulfide) groups is 2. The summed E-state index contributed by atoms with van der Waals surface area (Å²) in [6, 6.07) is 0. The molecule has 0 aromatic rings. The van der Waals surface area contributed by atoms with Gasteiger partial charge in [0, 0.05) is 81.9 Å². The summed E-state index contributed by atoms with van der Waals surface area (Å²) in [6.45, 7) is 9.71. The molecule has 0 amide bonds. The fourth-order valence-corrected chi connectivity index (χ4v) is 5.20. The highest BCUT2D eigenvalue weighted by atomic mass is 32.2. The van der Waals surface area contributed by atoms with Crippen LogP contribution in [0.3, 0.4) is 0 Å². The molecular weight excluding hydrogens is 366 g/mol. The van der Waals surface area contributed by atoms with Crippen LogP contribution in [0.1, 0.15) is 0 Å². The number of hydrogen-bond donors (Lipinski definition) is 0. The number of rotatable bonds is 10. The molecule has 142 valence electrons. The quantitative estimate of drug-likeness (QED) is 0.490. The predicted octanol–water partition coefficient (Wildman–Crippen LogP) is 0.362. The molecule has 0 bridgehead atoms. The molecule has 0 atom stereocenters. The van der Waals surface area contributed by atoms with Crippen LogP contribution in [0.15, 0.2) is 0 Å². The second kappa shape index (κ2) is 11.3. The normalized spacial score (nSPS) is 21.4. The highest BCUT2D eigenvalue weighted by molar-refractivity contribution is 7.99. The Balaban J connectivity index is 1.73. The van der Waals surface area contributed by atoms with Crippen molar-refractivity contribution in [1.82, 2.24) is 14.7 Å². The van der Waals surface area contributed by atoms with Gasteiger partial charge in [-0.05, 0) is 0 Å². The first kappa shape index (κ1) is 20.8. The van der Waals surface area contributed by atoms with Gasteiger partial charge in [0.1, 0.15) is 0 Å². The monoisotopic (exact) mass is 397 g/mol. The first-order chi connectivity index (χ1) is 11.5. The van der Waals surface area contributed by atoms with Crippen molar-refractivity contribution < 1.29 is 12.6 Å². The van der Waals surface area contributed by atoms with E-state index in [0.717, 1.165) is 32.4 Å². The van der Waals surface area contributed by atoms with Gasteiger partial charge in [-0.25, -0.2) is 0 Å². The predicted molar refractivity (Wildman–Crippen MR) is 105 cm³/mol. The van der Waals surface area contributed by atoms with Crippen LogP contribution in [-0.4, -0.2) is 118 Å². The summed E-state index contributed by atoms with van der Waals surface area (Å²) in [5.41, 5.74) is 0. The molecule has 9 heteroatoms. The first-order valence-corrected chi connectivity index (χ1v) is 12.8. The molecule has 6 nitrogen and oxygen atoms in total. The Morgan fingerprint density at radius 2 is 1.33 bits per heavy atom. The van der Waals surface area contributed by atoms with Crippen molar-refractivity contribution in [3.63, 3.8) is 0 Å². The minimum Gasteiger partial charge on any atom is -0.300 e. The summed E-state index contributed by atoms with van der Waals surface area (Å²) >= 11 is 4.06. The van der Waals surface area contributed by atoms with Crippen molar-refractivity contribution >= 4 is 33.6 Å². The molecule has 0 N–H and O–H groups in total. The lowest BCUT2D eigenvalue weighted by molar-refractivity contribution is 0.163. The molecule has 2 heterocycles. The average Bonchev–Trinajstić information content (AvgIpc) is 2.57. The fourth-order valence-electron chi connectivity index (χ4n) is 2.87. The third-order valence-electron chi connectivity index (χ3n) is 4.38. The van der Waals surface area contributed by atoms with Crippen molar-refractivity contribution in [3.05, 3.63) is 0 Å². The molecule has 2 rings (SSSR count). The molecule has 0 aromatic heterocycles. The fraction of sp³-hybridized carbons (Fsp3) is 1.00. The molecule has 2 aliphatic rings. The van der Waals surface area contributed by atoms with Gasteiger partial charge in [-0.2, -0.15) is 31.9 Å². The summed E-state index contributed by atoms with van der Waals surface area (Å²) in [5.74, 6) is 4.90. The Labute approximate surface area is 155 Å². The molecular formula is C15H31N3O3S3. The van der Waals surface area contributed by atoms with E-state index in [0.29, 0.717) is 6.54 Å². The van der Waals surface area contributed by atoms with Crippen LogP contribution in [0.2, 0.25) is 0 Å². The molecule has 2 saturated heterocycles. The second-order valence-corrected chi connectivity index (χ2v) is 10.4. The van der Waals surface area contributed by atoms with E-state index in [1.165, 1.54) is 49.2 Å². The third kappa shape index (κ3) is 9.26. The van der Waals surface area contributed by atoms with E-state index in [2.05, 4.69) is 14.7 Å². The second-order valence-electron chi connectivity index (χ2n) is 6.28. The highest BCUT2D eigenvalue weighted by Gasteiger charge is 2.15. The minimum atomic E-state index is -3.34. The van der Waals surface area contributed by atoms with Crippen LogP contribution in [0.25, 0.3) is 0 Å². The lowest BCUT2D eigenvalue weighted by Crippen LogP contribution is -2.44. The van der Waals surface area contributed by atoms with Crippen molar-refractivity contribution in [2.45, 2.75) is 0 Å². The van der Waals surface area contributed by atoms with Crippen LogP contribution in [-0.2, 0) is 14.3 Å². The first-order valence-electron chi connectivity index (χ1n) is 8.70. The largest absolute Gasteiger partial charge is 0.300 e. The van der Waals surface area contributed by atoms with E-state index in [4.69, 9.17) is 4.18 Å². The summed E-state index contributed by atoms with van der Waals surface area (Å²) in [7, 11) is -3.34. The van der Waals surface area contributed by atoms with Crippen LogP contribution in [0.5, 0.6) is 0 Å². The van der Waals surface area contributed by atoms with Crippen LogP contribution in [0.4, 0.5) is 0 Å². The Morgan fingerprint density at radius 1 is 0.875 bits per heavy atom. The molecule has 24 heavy (non-hydrogen) atoms. The zero-order chi connectivity index (χ0) is 17.3. The maximum absolute atomic E-state index is 11.2. The van der Waals surface area contributed by atoms with Gasteiger partial charge in [0.25, 0.3) is 10.1 Å². The lowest BCUT2D eigenvalue weighted by Gasteiger charge is -2.32. The zero-order valence-electron chi connectivity index (χ0n) is 14.7. The summed E-state index contributed by atoms with van der Waals surface area (Å²) in [5, 5.41) is 0. The van der Waals surface area contributed by atoms with Gasteiger partial charge in [0.2, 0.25) is 0 Å². The molecule has 0 spiro atoms. The van der Waals surface area contributed by atoms with E-state index in [-0.39, 0.29) is 6.61 Å². The summed E-state index contributed by atoms with van der Waals surface area (Å²) in [6.07, 6.45) is 1.12. The number of nitrogens with zero attached hydrogens (tertiary/aromatic N) is 3. The van der Waals surface area contributed by atoms with E-state index >= 15 is 0 Å². The Kier molecular flexibility index (Phi) is 9.75. The van der Waals surface area contributed by atoms with Crippen molar-refractivity contribution in [3.8, 4) is 0 Å². The van der Waals surface area contributed by atoms with E-state index < -0.39 is 10.1 Å². The van der Waals surface area contributed by atoms with Gasteiger partial charge in [-0.3, -0.25) is 9.08 Å². The molecule has 0 aliphatic carbocycles. The molecule has 2 fully saturated rings. The standard InChI is InChI=1S/C15H31N3O3S3/c1-24(19,20)21-11-6-16(2-4-17-7-12-22-13-8-17)3-5-18-9-14-23-15-10-18/h2-15H2,1H3. The molecule has 2 aliphatic heterocycles. The van der Waals surface area contributed by atoms with Gasteiger partial charge in [-0.15, -0.1) is 0 Å². The summed E-state index contributed by atoms with van der Waals surface area (Å²) in [4.78, 5) is 7.38. The van der Waals surface area contributed by atoms with E-state index in [9.17, 15) is 8.42 Å². The Bertz CT molecular complexity index is 416. The molecule has 0 unspecified atom stereocenters. The van der Waals surface area contributed by atoms with Gasteiger partial charge >= 0.3 is 0 Å². The van der Waals surface area contributed by atoms with E-state index in [1.54, 1.807) is 0 Å². The third-order valence-corrected chi connectivity index (χ3v) is 6.86. The highest BCUT2D eigenvalue weighted by Crippen LogP contribution is 2.10. The van der Waals surface area contributed by atoms with Gasteiger partial charge in [-0.1, -0.05) is 0 Å². The van der Waals surface area contributed by atoms with E-state index in [1.807, 2.05) is 23.5 Å². The lowest BCUT2D eigenvalue weighted by atomic mass is 10.3. The molecule has 0 radical (unpaired) electrons. The maximum Gasteiger partial charge on any atom is 0.264 e. The Hall–Kier alpha value is 0.490. The Morgan fingerprint density at radius 3 is 1.75 bits per heavy atom. The smallest absolute Gasteiger partial charge is 0.264 e. The van der Waals surface area contributed by atoms with Crippen molar-refractivity contribution in [1.29, 1.82) is 0 Å². The molecule has 0 aromatic carbocycles. The van der Waals surface area contributed by atoms with Gasteiger partial charge < -0.3 is 9.80 Å². The summed E-state index contributed by atoms with van der Waals surface area (Å²) < 4.78 is 27.3. The van der Waals surface area contributed by atoms with Crippen molar-refractivity contribution in [2.75, 3.05) is 94.8 Å². The van der Waals surface area contributed by atoms with Crippen molar-refractivity contribution in [2.24, 2.45) is 0 Å². The SMILES string of the molecule is CS(=O)(=O)OCCN(CCN1CCSCC1)CCN1CCSCC1.